The molecule has 3 aromatic rings. The number of fused-ring (bicyclic) bond motifs is 1. The second-order valence-corrected chi connectivity index (χ2v) is 11.0. The van der Waals surface area contributed by atoms with Crippen LogP contribution >= 0.6 is 11.3 Å². The minimum atomic E-state index is -4.13. The van der Waals surface area contributed by atoms with E-state index in [1.807, 2.05) is 6.92 Å². The minimum absolute atomic E-state index is 0.0202. The van der Waals surface area contributed by atoms with E-state index >= 15 is 0 Å². The Bertz CT molecular complexity index is 1370. The SMILES string of the molecule is Cc1nnc2sc(C(=O)NC3CCN(S(=O)(=O)c4ccccc4OC(C)(F)F)C3)c(N)c2c1C. The highest BCUT2D eigenvalue weighted by atomic mass is 32.2. The van der Waals surface area contributed by atoms with E-state index in [0.717, 1.165) is 21.2 Å². The highest BCUT2D eigenvalue weighted by Crippen LogP contribution is 2.35. The number of anilines is 1. The molecule has 1 amide bonds. The van der Waals surface area contributed by atoms with Crippen molar-refractivity contribution in [1.29, 1.82) is 0 Å². The van der Waals surface area contributed by atoms with Crippen LogP contribution in [0, 0.1) is 13.8 Å². The van der Waals surface area contributed by atoms with Crippen molar-refractivity contribution in [3.63, 3.8) is 0 Å². The Kier molecular flexibility index (Phi) is 6.21. The van der Waals surface area contributed by atoms with Crippen molar-refractivity contribution in [3.8, 4) is 5.75 Å². The van der Waals surface area contributed by atoms with Gasteiger partial charge in [-0.15, -0.1) is 16.4 Å². The van der Waals surface area contributed by atoms with Gasteiger partial charge in [0, 0.05) is 31.4 Å². The molecule has 3 N–H and O–H groups in total. The molecular formula is C21H23F2N5O4S2. The molecule has 1 aromatic carbocycles. The molecule has 0 spiro atoms. The number of para-hydroxylation sites is 1. The topological polar surface area (TPSA) is 128 Å². The van der Waals surface area contributed by atoms with Gasteiger partial charge in [-0.3, -0.25) is 4.79 Å². The molecule has 13 heteroatoms. The fourth-order valence-electron chi connectivity index (χ4n) is 3.80. The molecule has 1 atom stereocenters. The van der Waals surface area contributed by atoms with Crippen LogP contribution in [0.1, 0.15) is 34.3 Å². The van der Waals surface area contributed by atoms with E-state index in [1.165, 1.54) is 24.3 Å². The number of amides is 1. The van der Waals surface area contributed by atoms with Crippen LogP contribution in [0.3, 0.4) is 0 Å². The van der Waals surface area contributed by atoms with Gasteiger partial charge in [0.25, 0.3) is 5.91 Å². The molecule has 1 aliphatic rings. The number of sulfonamides is 1. The number of nitrogen functional groups attached to an aromatic ring is 1. The third kappa shape index (κ3) is 4.55. The Morgan fingerprint density at radius 3 is 2.71 bits per heavy atom. The summed E-state index contributed by atoms with van der Waals surface area (Å²) < 4.78 is 58.7. The van der Waals surface area contributed by atoms with Gasteiger partial charge >= 0.3 is 6.11 Å². The first-order valence-electron chi connectivity index (χ1n) is 10.4. The lowest BCUT2D eigenvalue weighted by molar-refractivity contribution is -0.160. The van der Waals surface area contributed by atoms with Crippen molar-refractivity contribution in [1.82, 2.24) is 19.8 Å². The lowest BCUT2D eigenvalue weighted by atomic mass is 10.1. The van der Waals surface area contributed by atoms with Crippen LogP contribution in [0.4, 0.5) is 14.5 Å². The van der Waals surface area contributed by atoms with Crippen LogP contribution in [0.5, 0.6) is 5.75 Å². The summed E-state index contributed by atoms with van der Waals surface area (Å²) in [6, 6.07) is 4.75. The molecule has 9 nitrogen and oxygen atoms in total. The van der Waals surface area contributed by atoms with Crippen molar-refractivity contribution in [2.45, 2.75) is 44.2 Å². The third-order valence-corrected chi connectivity index (χ3v) is 8.58. The number of halogens is 2. The summed E-state index contributed by atoms with van der Waals surface area (Å²) in [6.07, 6.45) is -3.20. The first-order valence-corrected chi connectivity index (χ1v) is 12.6. The minimum Gasteiger partial charge on any atom is -0.431 e. The van der Waals surface area contributed by atoms with Crippen LogP contribution < -0.4 is 15.8 Å². The molecule has 0 saturated carbocycles. The number of nitrogens with one attached hydrogen (secondary N) is 1. The molecule has 182 valence electrons. The molecular weight excluding hydrogens is 488 g/mol. The lowest BCUT2D eigenvalue weighted by Crippen LogP contribution is -2.38. The van der Waals surface area contributed by atoms with Gasteiger partial charge in [0.1, 0.15) is 20.4 Å². The number of hydrogen-bond donors (Lipinski definition) is 2. The number of alkyl halides is 2. The molecule has 34 heavy (non-hydrogen) atoms. The smallest absolute Gasteiger partial charge is 0.394 e. The number of aromatic nitrogens is 2. The molecule has 0 aliphatic carbocycles. The maximum Gasteiger partial charge on any atom is 0.394 e. The summed E-state index contributed by atoms with van der Waals surface area (Å²) in [5.74, 6) is -0.872. The van der Waals surface area contributed by atoms with Crippen molar-refractivity contribution in [3.05, 3.63) is 40.4 Å². The number of carbonyl (C=O) groups excluding carboxylic acids is 1. The zero-order chi connectivity index (χ0) is 24.8. The predicted molar refractivity (Wildman–Crippen MR) is 124 cm³/mol. The van der Waals surface area contributed by atoms with Crippen LogP contribution in [-0.2, 0) is 10.0 Å². The Hall–Kier alpha value is -2.90. The fourth-order valence-corrected chi connectivity index (χ4v) is 6.42. The summed E-state index contributed by atoms with van der Waals surface area (Å²) >= 11 is 1.12. The van der Waals surface area contributed by atoms with Crippen LogP contribution in [0.25, 0.3) is 10.2 Å². The zero-order valence-corrected chi connectivity index (χ0v) is 20.3. The van der Waals surface area contributed by atoms with Gasteiger partial charge in [-0.25, -0.2) is 8.42 Å². The van der Waals surface area contributed by atoms with Gasteiger partial charge < -0.3 is 15.8 Å². The van der Waals surface area contributed by atoms with Crippen LogP contribution in [0.15, 0.2) is 29.2 Å². The zero-order valence-electron chi connectivity index (χ0n) is 18.6. The van der Waals surface area contributed by atoms with Crippen LogP contribution in [-0.4, -0.2) is 54.1 Å². The van der Waals surface area contributed by atoms with Crippen molar-refractivity contribution in [2.24, 2.45) is 0 Å². The van der Waals surface area contributed by atoms with E-state index in [4.69, 9.17) is 5.73 Å². The number of benzene rings is 1. The number of nitrogens with zero attached hydrogens (tertiary/aromatic N) is 3. The Morgan fingerprint density at radius 1 is 1.29 bits per heavy atom. The number of carbonyl (C=O) groups is 1. The summed E-state index contributed by atoms with van der Waals surface area (Å²) in [7, 11) is -4.13. The van der Waals surface area contributed by atoms with Gasteiger partial charge in [0.15, 0.2) is 0 Å². The summed E-state index contributed by atoms with van der Waals surface area (Å²) in [6.45, 7) is 4.28. The maximum absolute atomic E-state index is 13.4. The van der Waals surface area contributed by atoms with E-state index in [9.17, 15) is 22.0 Å². The van der Waals surface area contributed by atoms with Gasteiger partial charge in [-0.1, -0.05) is 12.1 Å². The molecule has 0 bridgehead atoms. The molecule has 1 saturated heterocycles. The number of hydrogen-bond acceptors (Lipinski definition) is 8. The molecule has 1 aliphatic heterocycles. The molecule has 1 fully saturated rings. The van der Waals surface area contributed by atoms with E-state index in [-0.39, 0.29) is 22.9 Å². The number of ether oxygens (including phenoxy) is 1. The highest BCUT2D eigenvalue weighted by Gasteiger charge is 2.37. The average molecular weight is 512 g/mol. The quantitative estimate of drug-likeness (QED) is 0.521. The summed E-state index contributed by atoms with van der Waals surface area (Å²) in [5.41, 5.74) is 8.09. The maximum atomic E-state index is 13.4. The molecule has 1 unspecified atom stereocenters. The standard InChI is InChI=1S/C21H23F2N5O4S2/c1-11-12(2)26-27-20-16(11)17(24)18(33-20)19(29)25-13-8-9-28(10-13)34(30,31)15-7-5-4-6-14(15)32-21(3,22)23/h4-7,13H,8-10,24H2,1-3H3,(H,25,29). The van der Waals surface area contributed by atoms with Crippen molar-refractivity contribution < 1.29 is 26.7 Å². The number of nitrogens with two attached hydrogens (primary N) is 1. The largest absolute Gasteiger partial charge is 0.431 e. The average Bonchev–Trinajstić information content (AvgIpc) is 3.35. The normalized spacial score (nSPS) is 17.3. The molecule has 4 rings (SSSR count). The highest BCUT2D eigenvalue weighted by molar-refractivity contribution is 7.89. The van der Waals surface area contributed by atoms with Gasteiger partial charge in [0.05, 0.1) is 11.4 Å². The number of aryl methyl sites for hydroxylation is 2. The Labute approximate surface area is 199 Å². The number of thiophene rings is 1. The summed E-state index contributed by atoms with van der Waals surface area (Å²) in [5, 5.41) is 11.7. The molecule has 0 radical (unpaired) electrons. The monoisotopic (exact) mass is 511 g/mol. The first-order chi connectivity index (χ1) is 15.9. The third-order valence-electron chi connectivity index (χ3n) is 5.58. The van der Waals surface area contributed by atoms with E-state index in [0.29, 0.717) is 34.9 Å². The van der Waals surface area contributed by atoms with Crippen molar-refractivity contribution >= 4 is 43.2 Å². The van der Waals surface area contributed by atoms with E-state index in [2.05, 4.69) is 20.3 Å². The first kappa shape index (κ1) is 24.2. The van der Waals surface area contributed by atoms with Gasteiger partial charge in [0.2, 0.25) is 10.0 Å². The van der Waals surface area contributed by atoms with Gasteiger partial charge in [-0.2, -0.15) is 18.2 Å². The fraction of sp³-hybridized carbons (Fsp3) is 0.381. The Balaban J connectivity index is 1.52. The second kappa shape index (κ2) is 8.71. The van der Waals surface area contributed by atoms with E-state index < -0.39 is 33.8 Å². The van der Waals surface area contributed by atoms with E-state index in [1.54, 1.807) is 6.92 Å². The lowest BCUT2D eigenvalue weighted by Gasteiger charge is -2.20. The summed E-state index contributed by atoms with van der Waals surface area (Å²) in [4.78, 5) is 13.4. The molecule has 2 aromatic heterocycles. The van der Waals surface area contributed by atoms with Crippen LogP contribution in [0.2, 0.25) is 0 Å². The Morgan fingerprint density at radius 2 is 2.00 bits per heavy atom. The predicted octanol–water partition coefficient (Wildman–Crippen LogP) is 3.07. The van der Waals surface area contributed by atoms with Crippen molar-refractivity contribution in [2.75, 3.05) is 18.8 Å². The van der Waals surface area contributed by atoms with Gasteiger partial charge in [-0.05, 0) is 38.0 Å². The number of rotatable bonds is 6. The molecule has 3 heterocycles. The second-order valence-electron chi connectivity index (χ2n) is 8.11.